The zero-order valence-electron chi connectivity index (χ0n) is 21.2. The van der Waals surface area contributed by atoms with E-state index in [9.17, 15) is 4.79 Å². The molecule has 38 heavy (non-hydrogen) atoms. The number of nitrogens with one attached hydrogen (secondary N) is 1. The summed E-state index contributed by atoms with van der Waals surface area (Å²) in [5.74, 6) is 1.59. The lowest BCUT2D eigenvalue weighted by Crippen LogP contribution is -2.18. The fourth-order valence-electron chi connectivity index (χ4n) is 4.65. The summed E-state index contributed by atoms with van der Waals surface area (Å²) in [6.07, 6.45) is 1.78. The van der Waals surface area contributed by atoms with Crippen molar-refractivity contribution in [3.8, 4) is 17.2 Å². The molecule has 0 saturated carbocycles. The fourth-order valence-corrected chi connectivity index (χ4v) is 5.69. The number of anilines is 2. The van der Waals surface area contributed by atoms with Crippen LogP contribution < -0.4 is 20.3 Å². The number of pyridine rings is 1. The van der Waals surface area contributed by atoms with Gasteiger partial charge >= 0.3 is 0 Å². The highest BCUT2D eigenvalue weighted by Gasteiger charge is 2.19. The molecule has 1 aliphatic rings. The van der Waals surface area contributed by atoms with Gasteiger partial charge in [-0.3, -0.25) is 14.4 Å². The van der Waals surface area contributed by atoms with Gasteiger partial charge < -0.3 is 14.8 Å². The minimum atomic E-state index is -0.0752. The molecule has 0 saturated heterocycles. The van der Waals surface area contributed by atoms with E-state index in [0.717, 1.165) is 66.1 Å². The molecule has 1 aliphatic heterocycles. The maximum Gasteiger partial charge on any atom is 0.255 e. The third-order valence-corrected chi connectivity index (χ3v) is 7.72. The maximum atomic E-state index is 13.2. The lowest BCUT2D eigenvalue weighted by molar-refractivity contribution is 0.414. The second-order valence-electron chi connectivity index (χ2n) is 8.97. The van der Waals surface area contributed by atoms with Crippen LogP contribution in [0.1, 0.15) is 11.1 Å². The number of para-hydroxylation sites is 1. The number of fused-ring (bicyclic) bond motifs is 3. The normalized spacial score (nSPS) is 12.2. The van der Waals surface area contributed by atoms with Crippen molar-refractivity contribution in [1.29, 1.82) is 0 Å². The molecular formula is C31H25N3O3S. The summed E-state index contributed by atoms with van der Waals surface area (Å²) in [5.41, 5.74) is 6.17. The third-order valence-electron chi connectivity index (χ3n) is 6.60. The summed E-state index contributed by atoms with van der Waals surface area (Å²) in [7, 11) is 3.32. The maximum absolute atomic E-state index is 13.2. The number of aromatic nitrogens is 1. The van der Waals surface area contributed by atoms with Gasteiger partial charge in [0.1, 0.15) is 11.5 Å². The van der Waals surface area contributed by atoms with Crippen molar-refractivity contribution in [1.82, 2.24) is 4.57 Å². The van der Waals surface area contributed by atoms with Crippen molar-refractivity contribution in [3.63, 3.8) is 0 Å². The van der Waals surface area contributed by atoms with Crippen molar-refractivity contribution in [2.24, 2.45) is 4.99 Å². The average molecular weight is 520 g/mol. The SMILES string of the molecule is COc1ccc2c(c1)Sc1cc3c(C)cc(=O)n(-c4ccc(N=Cc5ccccc5OC)cc4)c3cc1N2. The van der Waals surface area contributed by atoms with Crippen LogP contribution in [0.4, 0.5) is 17.1 Å². The molecule has 1 N–H and O–H groups in total. The molecule has 7 heteroatoms. The van der Waals surface area contributed by atoms with Crippen LogP contribution in [-0.4, -0.2) is 25.0 Å². The van der Waals surface area contributed by atoms with E-state index >= 15 is 0 Å². The molecule has 0 amide bonds. The van der Waals surface area contributed by atoms with E-state index in [4.69, 9.17) is 9.47 Å². The molecule has 4 aromatic carbocycles. The number of aliphatic imine (C=N–C) groups is 1. The highest BCUT2D eigenvalue weighted by molar-refractivity contribution is 7.99. The first-order valence-electron chi connectivity index (χ1n) is 12.1. The molecule has 0 aliphatic carbocycles. The van der Waals surface area contributed by atoms with E-state index in [1.807, 2.05) is 73.7 Å². The fraction of sp³-hybridized carbons (Fsp3) is 0.0968. The Morgan fingerprint density at radius 1 is 0.868 bits per heavy atom. The van der Waals surface area contributed by atoms with Crippen molar-refractivity contribution in [2.75, 3.05) is 19.5 Å². The van der Waals surface area contributed by atoms with E-state index < -0.39 is 0 Å². The number of nitrogens with zero attached hydrogens (tertiary/aromatic N) is 2. The van der Waals surface area contributed by atoms with Gasteiger partial charge in [-0.1, -0.05) is 23.9 Å². The van der Waals surface area contributed by atoms with Gasteiger partial charge in [-0.2, -0.15) is 0 Å². The number of hydrogen-bond acceptors (Lipinski definition) is 6. The summed E-state index contributed by atoms with van der Waals surface area (Å²) in [6, 6.07) is 27.3. The largest absolute Gasteiger partial charge is 0.497 e. The van der Waals surface area contributed by atoms with Crippen molar-refractivity contribution >= 4 is 45.9 Å². The van der Waals surface area contributed by atoms with Gasteiger partial charge in [-0.15, -0.1) is 0 Å². The standard InChI is InChI=1S/C31H25N3O3S/c1-19-14-31(35)34(22-10-8-21(9-11-22)32-18-20-6-4-5-7-28(20)37-3)27-17-26-30(16-24(19)27)38-29-15-23(36-2)12-13-25(29)33-26/h4-18,33H,1-3H3. The van der Waals surface area contributed by atoms with Gasteiger partial charge in [0, 0.05) is 38.7 Å². The zero-order chi connectivity index (χ0) is 26.2. The van der Waals surface area contributed by atoms with Crippen LogP contribution in [0.3, 0.4) is 0 Å². The van der Waals surface area contributed by atoms with Gasteiger partial charge in [0.2, 0.25) is 0 Å². The van der Waals surface area contributed by atoms with Gasteiger partial charge in [0.15, 0.2) is 0 Å². The van der Waals surface area contributed by atoms with Gasteiger partial charge in [0.05, 0.1) is 36.8 Å². The molecule has 0 atom stereocenters. The first-order valence-corrected chi connectivity index (χ1v) is 13.0. The zero-order valence-corrected chi connectivity index (χ0v) is 22.0. The summed E-state index contributed by atoms with van der Waals surface area (Å²) in [4.78, 5) is 20.0. The first kappa shape index (κ1) is 23.9. The highest BCUT2D eigenvalue weighted by Crippen LogP contribution is 2.47. The monoisotopic (exact) mass is 519 g/mol. The quantitative estimate of drug-likeness (QED) is 0.243. The topological polar surface area (TPSA) is 64.9 Å². The number of hydrogen-bond donors (Lipinski definition) is 1. The Bertz CT molecular complexity index is 1780. The number of rotatable bonds is 5. The van der Waals surface area contributed by atoms with E-state index in [-0.39, 0.29) is 5.56 Å². The average Bonchev–Trinajstić information content (AvgIpc) is 2.94. The van der Waals surface area contributed by atoms with Crippen LogP contribution in [-0.2, 0) is 0 Å². The smallest absolute Gasteiger partial charge is 0.255 e. The Hall–Kier alpha value is -4.49. The van der Waals surface area contributed by atoms with E-state index in [2.05, 4.69) is 22.4 Å². The van der Waals surface area contributed by atoms with Crippen molar-refractivity contribution in [2.45, 2.75) is 16.7 Å². The van der Waals surface area contributed by atoms with E-state index in [1.54, 1.807) is 42.8 Å². The molecule has 188 valence electrons. The van der Waals surface area contributed by atoms with Crippen molar-refractivity contribution < 1.29 is 9.47 Å². The van der Waals surface area contributed by atoms with Gasteiger partial charge in [-0.05, 0) is 79.2 Å². The molecule has 0 unspecified atom stereocenters. The van der Waals surface area contributed by atoms with Crippen LogP contribution in [0, 0.1) is 6.92 Å². The first-order chi connectivity index (χ1) is 18.5. The summed E-state index contributed by atoms with van der Waals surface area (Å²) in [6.45, 7) is 1.98. The predicted octanol–water partition coefficient (Wildman–Crippen LogP) is 7.28. The number of aryl methyl sites for hydroxylation is 1. The Labute approximate surface area is 224 Å². The molecule has 0 fully saturated rings. The number of methoxy groups -OCH3 is 2. The predicted molar refractivity (Wildman–Crippen MR) is 155 cm³/mol. The third kappa shape index (κ3) is 4.31. The van der Waals surface area contributed by atoms with Gasteiger partial charge in [0.25, 0.3) is 5.56 Å². The van der Waals surface area contributed by atoms with Crippen LogP contribution >= 0.6 is 11.8 Å². The molecule has 1 aromatic heterocycles. The second-order valence-corrected chi connectivity index (χ2v) is 10.1. The second kappa shape index (κ2) is 9.76. The van der Waals surface area contributed by atoms with Crippen LogP contribution in [0.2, 0.25) is 0 Å². The molecule has 5 aromatic rings. The Morgan fingerprint density at radius 2 is 1.66 bits per heavy atom. The Balaban J connectivity index is 1.38. The molecule has 6 nitrogen and oxygen atoms in total. The number of benzene rings is 4. The minimum absolute atomic E-state index is 0.0752. The Kier molecular flexibility index (Phi) is 6.13. The highest BCUT2D eigenvalue weighted by atomic mass is 32.2. The summed E-state index contributed by atoms with van der Waals surface area (Å²) in [5, 5.41) is 4.56. The van der Waals surface area contributed by atoms with Crippen LogP contribution in [0.15, 0.2) is 105 Å². The molecular weight excluding hydrogens is 494 g/mol. The molecule has 6 rings (SSSR count). The van der Waals surface area contributed by atoms with Gasteiger partial charge in [-0.25, -0.2) is 0 Å². The molecule has 0 bridgehead atoms. The lowest BCUT2D eigenvalue weighted by Gasteiger charge is -2.23. The Morgan fingerprint density at radius 3 is 2.45 bits per heavy atom. The molecule has 2 heterocycles. The van der Waals surface area contributed by atoms with E-state index in [1.165, 1.54) is 0 Å². The van der Waals surface area contributed by atoms with Crippen LogP contribution in [0.25, 0.3) is 16.6 Å². The molecule has 0 spiro atoms. The summed E-state index contributed by atoms with van der Waals surface area (Å²) >= 11 is 1.69. The van der Waals surface area contributed by atoms with Crippen LogP contribution in [0.5, 0.6) is 11.5 Å². The lowest BCUT2D eigenvalue weighted by atomic mass is 10.1. The summed E-state index contributed by atoms with van der Waals surface area (Å²) < 4.78 is 12.6. The van der Waals surface area contributed by atoms with E-state index in [0.29, 0.717) is 0 Å². The number of ether oxygens (including phenoxy) is 2. The molecule has 0 radical (unpaired) electrons. The minimum Gasteiger partial charge on any atom is -0.497 e. The van der Waals surface area contributed by atoms with Crippen molar-refractivity contribution in [3.05, 3.63) is 106 Å².